The molecule has 4 rings (SSSR count). The third-order valence-electron chi connectivity index (χ3n) is 5.55. The van der Waals surface area contributed by atoms with Crippen molar-refractivity contribution in [1.82, 2.24) is 4.90 Å². The van der Waals surface area contributed by atoms with Crippen LogP contribution in [0.15, 0.2) is 53.4 Å². The summed E-state index contributed by atoms with van der Waals surface area (Å²) in [6.07, 6.45) is 7.60. The molecular weight excluding hydrogens is 418 g/mol. The highest BCUT2D eigenvalue weighted by Crippen LogP contribution is 2.36. The Morgan fingerprint density at radius 1 is 1.03 bits per heavy atom. The van der Waals surface area contributed by atoms with Gasteiger partial charge in [-0.05, 0) is 60.4 Å². The molecule has 0 radical (unpaired) electrons. The Labute approximate surface area is 186 Å². The van der Waals surface area contributed by atoms with Gasteiger partial charge in [0.05, 0.1) is 4.91 Å². The quantitative estimate of drug-likeness (QED) is 0.477. The van der Waals surface area contributed by atoms with Gasteiger partial charge in [0, 0.05) is 17.1 Å². The first-order valence-electron chi connectivity index (χ1n) is 10.3. The maximum Gasteiger partial charge on any atom is 0.293 e. The number of ether oxygens (including phenoxy) is 1. The van der Waals surface area contributed by atoms with Crippen molar-refractivity contribution in [2.24, 2.45) is 5.92 Å². The number of hydrogen-bond acceptors (Lipinski definition) is 4. The third-order valence-corrected chi connectivity index (χ3v) is 6.71. The van der Waals surface area contributed by atoms with Crippen molar-refractivity contribution in [3.8, 4) is 5.75 Å². The summed E-state index contributed by atoms with van der Waals surface area (Å²) in [5.74, 6) is 0.913. The number of halogens is 1. The molecule has 2 aliphatic rings. The van der Waals surface area contributed by atoms with Gasteiger partial charge in [-0.25, -0.2) is 0 Å². The van der Waals surface area contributed by atoms with Crippen molar-refractivity contribution in [3.63, 3.8) is 0 Å². The number of rotatable bonds is 6. The maximum absolute atomic E-state index is 12.9. The summed E-state index contributed by atoms with van der Waals surface area (Å²) < 4.78 is 5.98. The molecule has 0 unspecified atom stereocenters. The zero-order chi connectivity index (χ0) is 20.9. The van der Waals surface area contributed by atoms with E-state index in [0.717, 1.165) is 35.7 Å². The van der Waals surface area contributed by atoms with Gasteiger partial charge in [0.1, 0.15) is 12.4 Å². The minimum Gasteiger partial charge on any atom is -0.488 e. The molecule has 4 nitrogen and oxygen atoms in total. The average molecular weight is 442 g/mol. The zero-order valence-corrected chi connectivity index (χ0v) is 18.3. The van der Waals surface area contributed by atoms with Crippen LogP contribution in [0.5, 0.6) is 5.75 Å². The number of benzene rings is 2. The minimum absolute atomic E-state index is 0.170. The first kappa shape index (κ1) is 21.0. The number of carbonyl (C=O) groups excluding carboxylic acids is 2. The number of para-hydroxylation sites is 1. The molecule has 0 bridgehead atoms. The number of imide groups is 1. The van der Waals surface area contributed by atoms with E-state index in [-0.39, 0.29) is 11.1 Å². The summed E-state index contributed by atoms with van der Waals surface area (Å²) in [5, 5.41) is 0.513. The Morgan fingerprint density at radius 2 is 1.77 bits per heavy atom. The molecular formula is C24H24ClNO3S. The van der Waals surface area contributed by atoms with Crippen LogP contribution < -0.4 is 4.74 Å². The highest BCUT2D eigenvalue weighted by atomic mass is 35.5. The van der Waals surface area contributed by atoms with E-state index in [1.165, 1.54) is 24.2 Å². The van der Waals surface area contributed by atoms with E-state index in [2.05, 4.69) is 0 Å². The van der Waals surface area contributed by atoms with Gasteiger partial charge in [0.2, 0.25) is 0 Å². The van der Waals surface area contributed by atoms with E-state index in [0.29, 0.717) is 34.7 Å². The summed E-state index contributed by atoms with van der Waals surface area (Å²) >= 11 is 6.95. The van der Waals surface area contributed by atoms with Crippen molar-refractivity contribution in [2.75, 3.05) is 6.54 Å². The van der Waals surface area contributed by atoms with Crippen LogP contribution in [0.1, 0.15) is 43.2 Å². The van der Waals surface area contributed by atoms with Crippen LogP contribution in [0.4, 0.5) is 4.79 Å². The lowest BCUT2D eigenvalue weighted by Gasteiger charge is -2.25. The monoisotopic (exact) mass is 441 g/mol. The molecule has 2 aromatic carbocycles. The van der Waals surface area contributed by atoms with Gasteiger partial charge in [-0.1, -0.05) is 61.2 Å². The number of nitrogens with zero attached hydrogens (tertiary/aromatic N) is 1. The fraction of sp³-hybridized carbons (Fsp3) is 0.333. The number of amides is 2. The van der Waals surface area contributed by atoms with Gasteiger partial charge in [-0.2, -0.15) is 0 Å². The van der Waals surface area contributed by atoms with Crippen molar-refractivity contribution >= 4 is 40.6 Å². The fourth-order valence-corrected chi connectivity index (χ4v) is 4.86. The second kappa shape index (κ2) is 9.71. The average Bonchev–Trinajstić information content (AvgIpc) is 3.02. The molecule has 156 valence electrons. The Bertz CT molecular complexity index is 951. The Morgan fingerprint density at radius 3 is 2.53 bits per heavy atom. The fourth-order valence-electron chi connectivity index (χ4n) is 3.90. The van der Waals surface area contributed by atoms with E-state index >= 15 is 0 Å². The van der Waals surface area contributed by atoms with Crippen LogP contribution >= 0.6 is 23.4 Å². The SMILES string of the molecule is O=C1S/C(=C/c2ccccc2OCc2ccc(Cl)cc2)C(=O)N1CC1CCCCC1. The topological polar surface area (TPSA) is 46.6 Å². The molecule has 2 amide bonds. The smallest absolute Gasteiger partial charge is 0.293 e. The highest BCUT2D eigenvalue weighted by Gasteiger charge is 2.36. The van der Waals surface area contributed by atoms with E-state index in [1.807, 2.05) is 48.5 Å². The summed E-state index contributed by atoms with van der Waals surface area (Å²) in [5.41, 5.74) is 1.79. The van der Waals surface area contributed by atoms with E-state index in [9.17, 15) is 9.59 Å². The van der Waals surface area contributed by atoms with Gasteiger partial charge in [0.25, 0.3) is 11.1 Å². The van der Waals surface area contributed by atoms with E-state index in [4.69, 9.17) is 16.3 Å². The molecule has 0 aromatic heterocycles. The number of carbonyl (C=O) groups is 2. The predicted molar refractivity (Wildman–Crippen MR) is 121 cm³/mol. The lowest BCUT2D eigenvalue weighted by atomic mass is 9.89. The zero-order valence-electron chi connectivity index (χ0n) is 16.7. The van der Waals surface area contributed by atoms with Crippen LogP contribution in [0.3, 0.4) is 0 Å². The minimum atomic E-state index is -0.192. The van der Waals surface area contributed by atoms with E-state index < -0.39 is 0 Å². The van der Waals surface area contributed by atoms with E-state index in [1.54, 1.807) is 6.08 Å². The largest absolute Gasteiger partial charge is 0.488 e. The summed E-state index contributed by atoms with van der Waals surface area (Å²) in [6, 6.07) is 15.0. The molecule has 0 atom stereocenters. The lowest BCUT2D eigenvalue weighted by Crippen LogP contribution is -2.34. The van der Waals surface area contributed by atoms with Crippen molar-refractivity contribution < 1.29 is 14.3 Å². The normalized spacial score (nSPS) is 19.0. The highest BCUT2D eigenvalue weighted by molar-refractivity contribution is 8.18. The second-order valence-corrected chi connectivity index (χ2v) is 9.18. The molecule has 30 heavy (non-hydrogen) atoms. The van der Waals surface area contributed by atoms with Gasteiger partial charge in [0.15, 0.2) is 0 Å². The number of hydrogen-bond donors (Lipinski definition) is 0. The number of thioether (sulfide) groups is 1. The van der Waals surface area contributed by atoms with Gasteiger partial charge >= 0.3 is 0 Å². The van der Waals surface area contributed by atoms with Gasteiger partial charge in [-0.3, -0.25) is 14.5 Å². The third kappa shape index (κ3) is 5.08. The molecule has 6 heteroatoms. The van der Waals surface area contributed by atoms with Crippen LogP contribution in [0.25, 0.3) is 6.08 Å². The molecule has 2 fully saturated rings. The molecule has 1 heterocycles. The molecule has 1 aliphatic carbocycles. The summed E-state index contributed by atoms with van der Waals surface area (Å²) in [4.78, 5) is 27.2. The first-order chi connectivity index (χ1) is 14.6. The van der Waals surface area contributed by atoms with Crippen LogP contribution in [-0.2, 0) is 11.4 Å². The van der Waals surface area contributed by atoms with Crippen LogP contribution in [-0.4, -0.2) is 22.6 Å². The van der Waals surface area contributed by atoms with Crippen LogP contribution in [0.2, 0.25) is 5.02 Å². The van der Waals surface area contributed by atoms with Crippen molar-refractivity contribution in [3.05, 3.63) is 69.6 Å². The van der Waals surface area contributed by atoms with Gasteiger partial charge < -0.3 is 4.74 Å². The molecule has 0 spiro atoms. The molecule has 1 saturated carbocycles. The molecule has 1 aliphatic heterocycles. The molecule has 1 saturated heterocycles. The van der Waals surface area contributed by atoms with Crippen molar-refractivity contribution in [2.45, 2.75) is 38.7 Å². The summed E-state index contributed by atoms with van der Waals surface area (Å²) in [7, 11) is 0. The Balaban J connectivity index is 1.46. The second-order valence-electron chi connectivity index (χ2n) is 7.75. The Kier molecular flexibility index (Phi) is 6.80. The molecule has 2 aromatic rings. The first-order valence-corrected chi connectivity index (χ1v) is 11.5. The Hall–Kier alpha value is -2.24. The van der Waals surface area contributed by atoms with Crippen molar-refractivity contribution in [1.29, 1.82) is 0 Å². The van der Waals surface area contributed by atoms with Crippen LogP contribution in [0, 0.1) is 5.92 Å². The lowest BCUT2D eigenvalue weighted by molar-refractivity contribution is -0.123. The predicted octanol–water partition coefficient (Wildman–Crippen LogP) is 6.54. The summed E-state index contributed by atoms with van der Waals surface area (Å²) in [6.45, 7) is 0.932. The maximum atomic E-state index is 12.9. The molecule has 0 N–H and O–H groups in total. The van der Waals surface area contributed by atoms with Gasteiger partial charge in [-0.15, -0.1) is 0 Å². The standard InChI is InChI=1S/C24H24ClNO3S/c25-20-12-10-18(11-13-20)16-29-21-9-5-4-8-19(21)14-22-23(27)26(24(28)30-22)15-17-6-2-1-3-7-17/h4-5,8-14,17H,1-3,6-7,15-16H2/b22-14+.